The lowest BCUT2D eigenvalue weighted by atomic mass is 10.1. The van der Waals surface area contributed by atoms with Crippen LogP contribution in [-0.4, -0.2) is 48.7 Å². The topological polar surface area (TPSA) is 66.1 Å². The maximum Gasteiger partial charge on any atom is 0.175 e. The first-order valence-corrected chi connectivity index (χ1v) is 11.3. The molecule has 1 atom stereocenters. The Labute approximate surface area is 160 Å². The van der Waals surface area contributed by atoms with Gasteiger partial charge in [0.1, 0.15) is 5.82 Å². The van der Waals surface area contributed by atoms with Gasteiger partial charge in [-0.3, -0.25) is 0 Å². The normalized spacial score (nSPS) is 18.4. The molecule has 0 bridgehead atoms. The second-order valence-corrected chi connectivity index (χ2v) is 9.50. The van der Waals surface area contributed by atoms with Crippen LogP contribution in [-0.2, 0) is 16.3 Å². The number of nitrogens with one attached hydrogen (secondary N) is 1. The van der Waals surface area contributed by atoms with Gasteiger partial charge >= 0.3 is 0 Å². The van der Waals surface area contributed by atoms with Crippen molar-refractivity contribution in [3.8, 4) is 11.1 Å². The summed E-state index contributed by atoms with van der Waals surface area (Å²) in [4.78, 5) is 11.1. The van der Waals surface area contributed by atoms with Crippen molar-refractivity contribution in [3.63, 3.8) is 0 Å². The van der Waals surface area contributed by atoms with Gasteiger partial charge in [0.2, 0.25) is 0 Å². The SMILES string of the molecule is CC1CCCN1CCc1nc2cc(-c3ccc(S(C)(=O)=O)cc3)ccc2[nH]1. The summed E-state index contributed by atoms with van der Waals surface area (Å²) in [6, 6.07) is 13.8. The fraction of sp³-hybridized carbons (Fsp3) is 0.381. The molecule has 3 aromatic rings. The van der Waals surface area contributed by atoms with Crippen LogP contribution in [0.5, 0.6) is 0 Å². The molecule has 1 aliphatic heterocycles. The summed E-state index contributed by atoms with van der Waals surface area (Å²) in [5.74, 6) is 1.02. The van der Waals surface area contributed by atoms with Gasteiger partial charge in [-0.1, -0.05) is 18.2 Å². The fourth-order valence-electron chi connectivity index (χ4n) is 3.83. The van der Waals surface area contributed by atoms with Crippen molar-refractivity contribution in [2.45, 2.75) is 37.1 Å². The first-order valence-electron chi connectivity index (χ1n) is 9.43. The second kappa shape index (κ2) is 7.09. The molecule has 142 valence electrons. The third kappa shape index (κ3) is 3.92. The Morgan fingerprint density at radius 3 is 2.56 bits per heavy atom. The highest BCUT2D eigenvalue weighted by atomic mass is 32.2. The molecule has 1 N–H and O–H groups in total. The minimum Gasteiger partial charge on any atom is -0.342 e. The van der Waals surface area contributed by atoms with E-state index in [1.54, 1.807) is 12.1 Å². The van der Waals surface area contributed by atoms with Gasteiger partial charge in [-0.05, 0) is 61.7 Å². The van der Waals surface area contributed by atoms with Crippen molar-refractivity contribution < 1.29 is 8.42 Å². The molecule has 0 radical (unpaired) electrons. The zero-order chi connectivity index (χ0) is 19.0. The van der Waals surface area contributed by atoms with Crippen LogP contribution >= 0.6 is 0 Å². The smallest absolute Gasteiger partial charge is 0.175 e. The summed E-state index contributed by atoms with van der Waals surface area (Å²) >= 11 is 0. The van der Waals surface area contributed by atoms with Crippen LogP contribution in [0.4, 0.5) is 0 Å². The van der Waals surface area contributed by atoms with Crippen LogP contribution in [0.25, 0.3) is 22.2 Å². The fourth-order valence-corrected chi connectivity index (χ4v) is 4.46. The van der Waals surface area contributed by atoms with Gasteiger partial charge in [-0.25, -0.2) is 13.4 Å². The molecule has 2 heterocycles. The number of aromatic nitrogens is 2. The third-order valence-electron chi connectivity index (χ3n) is 5.47. The van der Waals surface area contributed by atoms with Crippen LogP contribution in [0.3, 0.4) is 0 Å². The van der Waals surface area contributed by atoms with E-state index in [0.717, 1.165) is 41.0 Å². The number of imidazole rings is 1. The zero-order valence-electron chi connectivity index (χ0n) is 15.8. The highest BCUT2D eigenvalue weighted by Gasteiger charge is 2.20. The highest BCUT2D eigenvalue weighted by molar-refractivity contribution is 7.90. The second-order valence-electron chi connectivity index (χ2n) is 7.49. The molecule has 27 heavy (non-hydrogen) atoms. The Morgan fingerprint density at radius 1 is 1.15 bits per heavy atom. The van der Waals surface area contributed by atoms with Crippen LogP contribution < -0.4 is 0 Å². The lowest BCUT2D eigenvalue weighted by Gasteiger charge is -2.19. The number of likely N-dealkylation sites (tertiary alicyclic amines) is 1. The van der Waals surface area contributed by atoms with E-state index in [2.05, 4.69) is 22.9 Å². The van der Waals surface area contributed by atoms with Crippen LogP contribution in [0.15, 0.2) is 47.4 Å². The average Bonchev–Trinajstić information content (AvgIpc) is 3.24. The van der Waals surface area contributed by atoms with Crippen molar-refractivity contribution in [2.75, 3.05) is 19.3 Å². The van der Waals surface area contributed by atoms with E-state index in [9.17, 15) is 8.42 Å². The number of nitrogens with zero attached hydrogens (tertiary/aromatic N) is 2. The van der Waals surface area contributed by atoms with Gasteiger partial charge in [-0.2, -0.15) is 0 Å². The zero-order valence-corrected chi connectivity index (χ0v) is 16.6. The Morgan fingerprint density at radius 2 is 1.89 bits per heavy atom. The Balaban J connectivity index is 1.53. The van der Waals surface area contributed by atoms with E-state index < -0.39 is 9.84 Å². The molecule has 5 nitrogen and oxygen atoms in total. The van der Waals surface area contributed by atoms with Crippen LogP contribution in [0.1, 0.15) is 25.6 Å². The van der Waals surface area contributed by atoms with E-state index in [1.807, 2.05) is 24.3 Å². The Bertz CT molecular complexity index is 1050. The number of aromatic amines is 1. The van der Waals surface area contributed by atoms with E-state index in [0.29, 0.717) is 10.9 Å². The van der Waals surface area contributed by atoms with E-state index >= 15 is 0 Å². The van der Waals surface area contributed by atoms with Crippen molar-refractivity contribution in [2.24, 2.45) is 0 Å². The quantitative estimate of drug-likeness (QED) is 0.730. The van der Waals surface area contributed by atoms with E-state index in [1.165, 1.54) is 25.6 Å². The average molecular weight is 384 g/mol. The molecule has 1 aliphatic rings. The highest BCUT2D eigenvalue weighted by Crippen LogP contribution is 2.25. The molecule has 4 rings (SSSR count). The molecule has 1 unspecified atom stereocenters. The standard InChI is InChI=1S/C21H25N3O2S/c1-15-4-3-12-24(15)13-11-21-22-19-10-7-17(14-20(19)23-21)16-5-8-18(9-6-16)27(2,25)26/h5-10,14-15H,3-4,11-13H2,1-2H3,(H,22,23). The maximum absolute atomic E-state index is 11.6. The molecule has 0 aliphatic carbocycles. The number of sulfone groups is 1. The first-order chi connectivity index (χ1) is 12.9. The number of hydrogen-bond donors (Lipinski definition) is 1. The maximum atomic E-state index is 11.6. The van der Waals surface area contributed by atoms with Gasteiger partial charge in [0.05, 0.1) is 15.9 Å². The number of benzene rings is 2. The molecule has 2 aromatic carbocycles. The number of hydrogen-bond acceptors (Lipinski definition) is 4. The summed E-state index contributed by atoms with van der Waals surface area (Å²) in [5, 5.41) is 0. The molecule has 1 fully saturated rings. The largest absolute Gasteiger partial charge is 0.342 e. The Kier molecular flexibility index (Phi) is 4.78. The minimum absolute atomic E-state index is 0.338. The molecule has 6 heteroatoms. The van der Waals surface area contributed by atoms with Gasteiger partial charge < -0.3 is 9.88 Å². The van der Waals surface area contributed by atoms with Crippen molar-refractivity contribution in [3.05, 3.63) is 48.3 Å². The minimum atomic E-state index is -3.17. The first kappa shape index (κ1) is 18.2. The van der Waals surface area contributed by atoms with Gasteiger partial charge in [-0.15, -0.1) is 0 Å². The summed E-state index contributed by atoms with van der Waals surface area (Å²) in [7, 11) is -3.17. The Hall–Kier alpha value is -2.18. The molecule has 1 aromatic heterocycles. The van der Waals surface area contributed by atoms with Gasteiger partial charge in [0.25, 0.3) is 0 Å². The molecular weight excluding hydrogens is 358 g/mol. The predicted molar refractivity (Wildman–Crippen MR) is 109 cm³/mol. The molecule has 1 saturated heterocycles. The predicted octanol–water partition coefficient (Wildman–Crippen LogP) is 3.66. The molecule has 0 amide bonds. The summed E-state index contributed by atoms with van der Waals surface area (Å²) in [6.45, 7) is 4.53. The van der Waals surface area contributed by atoms with Crippen molar-refractivity contribution in [1.82, 2.24) is 14.9 Å². The number of H-pyrrole nitrogens is 1. The monoisotopic (exact) mass is 383 g/mol. The summed E-state index contributed by atoms with van der Waals surface area (Å²) in [5.41, 5.74) is 4.01. The van der Waals surface area contributed by atoms with E-state index in [4.69, 9.17) is 4.98 Å². The van der Waals surface area contributed by atoms with E-state index in [-0.39, 0.29) is 0 Å². The molecule has 0 saturated carbocycles. The van der Waals surface area contributed by atoms with Crippen molar-refractivity contribution >= 4 is 20.9 Å². The molecule has 0 spiro atoms. The third-order valence-corrected chi connectivity index (χ3v) is 6.60. The van der Waals surface area contributed by atoms with Crippen LogP contribution in [0, 0.1) is 0 Å². The summed E-state index contributed by atoms with van der Waals surface area (Å²) < 4.78 is 23.2. The lowest BCUT2D eigenvalue weighted by molar-refractivity contribution is 0.271. The van der Waals surface area contributed by atoms with Crippen LogP contribution in [0.2, 0.25) is 0 Å². The van der Waals surface area contributed by atoms with Gasteiger partial charge in [0.15, 0.2) is 9.84 Å². The lowest BCUT2D eigenvalue weighted by Crippen LogP contribution is -2.29. The molecular formula is C21H25N3O2S. The number of fused-ring (bicyclic) bond motifs is 1. The summed E-state index contributed by atoms with van der Waals surface area (Å²) in [6.07, 6.45) is 4.74. The van der Waals surface area contributed by atoms with Crippen molar-refractivity contribution in [1.29, 1.82) is 0 Å². The van der Waals surface area contributed by atoms with Gasteiger partial charge in [0, 0.05) is 25.3 Å². The number of rotatable bonds is 5.